The van der Waals surface area contributed by atoms with Crippen molar-refractivity contribution in [1.82, 2.24) is 4.98 Å². The van der Waals surface area contributed by atoms with Crippen LogP contribution in [-0.4, -0.2) is 11.6 Å². The number of hydrogen-bond donors (Lipinski definition) is 1. The van der Waals surface area contributed by atoms with Crippen molar-refractivity contribution in [2.24, 2.45) is 0 Å². The van der Waals surface area contributed by atoms with Gasteiger partial charge in [0.05, 0.1) is 24.5 Å². The molecule has 0 aliphatic rings. The van der Waals surface area contributed by atoms with Gasteiger partial charge in [-0.2, -0.15) is 0 Å². The van der Waals surface area contributed by atoms with E-state index in [1.807, 2.05) is 38.1 Å². The van der Waals surface area contributed by atoms with E-state index in [1.165, 1.54) is 0 Å². The lowest BCUT2D eigenvalue weighted by atomic mass is 10.1. The van der Waals surface area contributed by atoms with Gasteiger partial charge in [-0.1, -0.05) is 29.8 Å². The van der Waals surface area contributed by atoms with E-state index in [0.29, 0.717) is 11.8 Å². The normalized spacial score (nSPS) is 12.0. The lowest BCUT2D eigenvalue weighted by molar-refractivity contribution is 0.335. The number of benzene rings is 1. The maximum atomic E-state index is 5.94. The molecular weight excluding hydrogens is 272 g/mol. The summed E-state index contributed by atoms with van der Waals surface area (Å²) in [6, 6.07) is 10.2. The minimum absolute atomic E-state index is 0.125. The third kappa shape index (κ3) is 3.42. The van der Waals surface area contributed by atoms with E-state index in [4.69, 9.17) is 16.3 Å². The highest BCUT2D eigenvalue weighted by atomic mass is 35.5. The molecule has 0 aliphatic carbocycles. The molecule has 0 saturated carbocycles. The first kappa shape index (κ1) is 14.7. The Bertz CT molecular complexity index is 586. The quantitative estimate of drug-likeness (QED) is 0.816. The molecular formula is C16H19ClN2O. The molecule has 0 aliphatic heterocycles. The van der Waals surface area contributed by atoms with Gasteiger partial charge in [-0.05, 0) is 38.5 Å². The van der Waals surface area contributed by atoms with Gasteiger partial charge in [0.25, 0.3) is 0 Å². The van der Waals surface area contributed by atoms with Crippen LogP contribution in [0.3, 0.4) is 0 Å². The van der Waals surface area contributed by atoms with Crippen molar-refractivity contribution in [3.63, 3.8) is 0 Å². The maximum Gasteiger partial charge on any atom is 0.132 e. The molecule has 2 rings (SSSR count). The molecule has 1 aromatic carbocycles. The Labute approximate surface area is 124 Å². The number of nitrogens with one attached hydrogen (secondary N) is 1. The molecule has 0 spiro atoms. The molecule has 106 valence electrons. The number of pyridine rings is 1. The summed E-state index contributed by atoms with van der Waals surface area (Å²) >= 11 is 5.94. The van der Waals surface area contributed by atoms with Crippen molar-refractivity contribution in [2.75, 3.05) is 11.9 Å². The Morgan fingerprint density at radius 2 is 2.10 bits per heavy atom. The van der Waals surface area contributed by atoms with E-state index < -0.39 is 0 Å². The number of nitrogens with zero attached hydrogens (tertiary/aromatic N) is 1. The number of ether oxygens (including phenoxy) is 1. The number of anilines is 1. The van der Waals surface area contributed by atoms with Crippen molar-refractivity contribution >= 4 is 17.3 Å². The van der Waals surface area contributed by atoms with Crippen LogP contribution < -0.4 is 10.1 Å². The van der Waals surface area contributed by atoms with Crippen LogP contribution in [0.25, 0.3) is 0 Å². The van der Waals surface area contributed by atoms with Gasteiger partial charge >= 0.3 is 0 Å². The summed E-state index contributed by atoms with van der Waals surface area (Å²) in [5, 5.41) is 3.96. The van der Waals surface area contributed by atoms with Crippen LogP contribution in [0.15, 0.2) is 36.5 Å². The Balaban J connectivity index is 2.19. The second kappa shape index (κ2) is 6.62. The predicted molar refractivity (Wildman–Crippen MR) is 83.6 cm³/mol. The predicted octanol–water partition coefficient (Wildman–Crippen LogP) is 4.62. The second-order valence-electron chi connectivity index (χ2n) is 4.67. The molecule has 1 heterocycles. The van der Waals surface area contributed by atoms with Crippen molar-refractivity contribution in [3.8, 4) is 5.75 Å². The molecule has 4 heteroatoms. The summed E-state index contributed by atoms with van der Waals surface area (Å²) < 4.78 is 5.66. The SMILES string of the molecule is CCOc1ccccc1C(C)Nc1cnc(Cl)c(C)c1. The summed E-state index contributed by atoms with van der Waals surface area (Å²) in [4.78, 5) is 4.16. The van der Waals surface area contributed by atoms with Crippen LogP contribution in [0.4, 0.5) is 5.69 Å². The molecule has 2 aromatic rings. The van der Waals surface area contributed by atoms with Gasteiger partial charge in [-0.25, -0.2) is 4.98 Å². The maximum absolute atomic E-state index is 5.94. The minimum Gasteiger partial charge on any atom is -0.494 e. The van der Waals surface area contributed by atoms with Gasteiger partial charge in [0.2, 0.25) is 0 Å². The second-order valence-corrected chi connectivity index (χ2v) is 5.03. The fourth-order valence-corrected chi connectivity index (χ4v) is 2.19. The van der Waals surface area contributed by atoms with Crippen LogP contribution in [0.1, 0.15) is 31.0 Å². The van der Waals surface area contributed by atoms with Crippen molar-refractivity contribution in [3.05, 3.63) is 52.8 Å². The number of para-hydroxylation sites is 1. The molecule has 20 heavy (non-hydrogen) atoms. The van der Waals surface area contributed by atoms with E-state index >= 15 is 0 Å². The molecule has 0 bridgehead atoms. The molecule has 1 aromatic heterocycles. The van der Waals surface area contributed by atoms with Crippen molar-refractivity contribution in [1.29, 1.82) is 0 Å². The van der Waals surface area contributed by atoms with E-state index in [9.17, 15) is 0 Å². The lowest BCUT2D eigenvalue weighted by Gasteiger charge is -2.19. The third-order valence-electron chi connectivity index (χ3n) is 3.08. The Morgan fingerprint density at radius 3 is 2.80 bits per heavy atom. The Hall–Kier alpha value is -1.74. The number of aromatic nitrogens is 1. The highest BCUT2D eigenvalue weighted by molar-refractivity contribution is 6.30. The summed E-state index contributed by atoms with van der Waals surface area (Å²) in [5.74, 6) is 0.911. The third-order valence-corrected chi connectivity index (χ3v) is 3.48. The minimum atomic E-state index is 0.125. The molecule has 0 radical (unpaired) electrons. The van der Waals surface area contributed by atoms with E-state index in [-0.39, 0.29) is 6.04 Å². The number of hydrogen-bond acceptors (Lipinski definition) is 3. The highest BCUT2D eigenvalue weighted by Crippen LogP contribution is 2.28. The van der Waals surface area contributed by atoms with Crippen molar-refractivity contribution < 1.29 is 4.74 Å². The summed E-state index contributed by atoms with van der Waals surface area (Å²) in [5.41, 5.74) is 3.04. The van der Waals surface area contributed by atoms with Crippen LogP contribution in [0.2, 0.25) is 5.15 Å². The fourth-order valence-electron chi connectivity index (χ4n) is 2.09. The number of halogens is 1. The molecule has 1 unspecified atom stereocenters. The topological polar surface area (TPSA) is 34.1 Å². The van der Waals surface area contributed by atoms with E-state index in [0.717, 1.165) is 22.6 Å². The Morgan fingerprint density at radius 1 is 1.35 bits per heavy atom. The molecule has 0 fully saturated rings. The highest BCUT2D eigenvalue weighted by Gasteiger charge is 2.11. The zero-order valence-corrected chi connectivity index (χ0v) is 12.7. The zero-order chi connectivity index (χ0) is 14.5. The van der Waals surface area contributed by atoms with Gasteiger partial charge < -0.3 is 10.1 Å². The summed E-state index contributed by atoms with van der Waals surface area (Å²) in [7, 11) is 0. The standard InChI is InChI=1S/C16H19ClN2O/c1-4-20-15-8-6-5-7-14(15)12(3)19-13-9-11(2)16(17)18-10-13/h5-10,12,19H,4H2,1-3H3. The first-order chi connectivity index (χ1) is 9.61. The first-order valence-electron chi connectivity index (χ1n) is 6.72. The van der Waals surface area contributed by atoms with Crippen LogP contribution >= 0.6 is 11.6 Å². The largest absolute Gasteiger partial charge is 0.494 e. The molecule has 1 atom stereocenters. The summed E-state index contributed by atoms with van der Waals surface area (Å²) in [6.07, 6.45) is 1.75. The average molecular weight is 291 g/mol. The molecule has 3 nitrogen and oxygen atoms in total. The number of rotatable bonds is 5. The molecule has 0 amide bonds. The fraction of sp³-hybridized carbons (Fsp3) is 0.312. The van der Waals surface area contributed by atoms with E-state index in [1.54, 1.807) is 6.20 Å². The van der Waals surface area contributed by atoms with Gasteiger partial charge in [0.1, 0.15) is 10.9 Å². The van der Waals surface area contributed by atoms with Crippen LogP contribution in [-0.2, 0) is 0 Å². The Kier molecular flexibility index (Phi) is 4.85. The zero-order valence-electron chi connectivity index (χ0n) is 12.0. The average Bonchev–Trinajstić information content (AvgIpc) is 2.44. The molecule has 1 N–H and O–H groups in total. The van der Waals surface area contributed by atoms with Crippen molar-refractivity contribution in [2.45, 2.75) is 26.8 Å². The van der Waals surface area contributed by atoms with E-state index in [2.05, 4.69) is 23.3 Å². The lowest BCUT2D eigenvalue weighted by Crippen LogP contribution is -2.09. The smallest absolute Gasteiger partial charge is 0.132 e. The van der Waals surface area contributed by atoms with Gasteiger partial charge in [-0.3, -0.25) is 0 Å². The van der Waals surface area contributed by atoms with Crippen LogP contribution in [0, 0.1) is 6.92 Å². The van der Waals surface area contributed by atoms with Gasteiger partial charge in [-0.15, -0.1) is 0 Å². The molecule has 0 saturated heterocycles. The summed E-state index contributed by atoms with van der Waals surface area (Å²) in [6.45, 7) is 6.69. The first-order valence-corrected chi connectivity index (χ1v) is 7.10. The van der Waals surface area contributed by atoms with Gasteiger partial charge in [0, 0.05) is 5.56 Å². The number of aryl methyl sites for hydroxylation is 1. The van der Waals surface area contributed by atoms with Crippen LogP contribution in [0.5, 0.6) is 5.75 Å². The monoisotopic (exact) mass is 290 g/mol. The van der Waals surface area contributed by atoms with Gasteiger partial charge in [0.15, 0.2) is 0 Å².